The number of ether oxygens (including phenoxy) is 2. The summed E-state index contributed by atoms with van der Waals surface area (Å²) in [6, 6.07) is 18.2. The summed E-state index contributed by atoms with van der Waals surface area (Å²) in [6.45, 7) is 11.3. The number of nitrogens with one attached hydrogen (secondary N) is 1. The third kappa shape index (κ3) is 13.1. The van der Waals surface area contributed by atoms with E-state index in [1.807, 2.05) is 58.9 Å². The van der Waals surface area contributed by atoms with Gasteiger partial charge in [-0.1, -0.05) is 19.6 Å². The summed E-state index contributed by atoms with van der Waals surface area (Å²) in [6.07, 6.45) is 1.57. The van der Waals surface area contributed by atoms with Crippen LogP contribution in [-0.2, 0) is 0 Å². The summed E-state index contributed by atoms with van der Waals surface area (Å²) in [5.41, 5.74) is 8.13. The number of nitriles is 2. The molecule has 0 aliphatic carbocycles. The normalized spacial score (nSPS) is 10.0. The van der Waals surface area contributed by atoms with Crippen molar-refractivity contribution >= 4 is 29.1 Å². The smallest absolute Gasteiger partial charge is 0.252 e. The maximum absolute atomic E-state index is 10.7. The van der Waals surface area contributed by atoms with Gasteiger partial charge in [0, 0.05) is 28.6 Å². The minimum Gasteiger partial charge on any atom is -0.491 e. The fourth-order valence-corrected chi connectivity index (χ4v) is 3.27. The fraction of sp³-hybridized carbons (Fsp3) is 0.300. The predicted molar refractivity (Wildman–Crippen MR) is 163 cm³/mol. The molecule has 8 nitrogen and oxygen atoms in total. The van der Waals surface area contributed by atoms with Crippen molar-refractivity contribution in [2.45, 2.75) is 61.2 Å². The first-order valence-corrected chi connectivity index (χ1v) is 12.7. The molecule has 0 atom stereocenters. The number of nitrogens with zero attached hydrogens (tertiary/aromatic N) is 3. The van der Waals surface area contributed by atoms with Gasteiger partial charge in [0.15, 0.2) is 0 Å². The highest BCUT2D eigenvalue weighted by Crippen LogP contribution is 2.21. The van der Waals surface area contributed by atoms with Crippen LogP contribution in [0.5, 0.6) is 11.5 Å². The molecule has 40 heavy (non-hydrogen) atoms. The molecule has 0 radical (unpaired) electrons. The summed E-state index contributed by atoms with van der Waals surface area (Å²) in [4.78, 5) is 18.1. The van der Waals surface area contributed by atoms with Gasteiger partial charge in [0.2, 0.25) is 0 Å². The first-order valence-electron chi connectivity index (χ1n) is 11.9. The van der Waals surface area contributed by atoms with Gasteiger partial charge in [-0.3, -0.25) is 4.79 Å². The zero-order valence-electron chi connectivity index (χ0n) is 22.8. The van der Waals surface area contributed by atoms with Gasteiger partial charge >= 0.3 is 0 Å². The Morgan fingerprint density at radius 2 is 1.50 bits per heavy atom. The SMILES string of the molecule is C.C/C(N)=C/C#N.CC(C)Oc1ccc(C(=O)Cl)cc1.Cc1[nH]c(-c2ccc(OC(C)C)cc2)nc(=S)c1C#N. The number of carbonyl (C=O) groups is 1. The van der Waals surface area contributed by atoms with E-state index in [4.69, 9.17) is 49.5 Å². The Balaban J connectivity index is 0.000000655. The predicted octanol–water partition coefficient (Wildman–Crippen LogP) is 7.63. The number of hydrogen-bond donors (Lipinski definition) is 2. The van der Waals surface area contributed by atoms with Gasteiger partial charge in [-0.2, -0.15) is 10.5 Å². The van der Waals surface area contributed by atoms with E-state index in [2.05, 4.69) is 16.0 Å². The molecule has 0 bridgehead atoms. The lowest BCUT2D eigenvalue weighted by Gasteiger charge is -2.10. The second-order valence-corrected chi connectivity index (χ2v) is 9.41. The van der Waals surface area contributed by atoms with Crippen LogP contribution in [0.1, 0.15) is 63.7 Å². The highest BCUT2D eigenvalue weighted by molar-refractivity contribution is 7.71. The first-order chi connectivity index (χ1) is 18.4. The first kappa shape index (κ1) is 35.8. The maximum Gasteiger partial charge on any atom is 0.252 e. The Kier molecular flexibility index (Phi) is 16.3. The summed E-state index contributed by atoms with van der Waals surface area (Å²) in [7, 11) is 0. The van der Waals surface area contributed by atoms with Crippen molar-refractivity contribution in [1.29, 1.82) is 10.5 Å². The van der Waals surface area contributed by atoms with Crippen molar-refractivity contribution in [2.24, 2.45) is 5.73 Å². The number of aromatic nitrogens is 2. The quantitative estimate of drug-likeness (QED) is 0.172. The maximum atomic E-state index is 10.7. The number of halogens is 1. The Hall–Kier alpha value is -4.18. The molecule has 212 valence electrons. The topological polar surface area (TPSA) is 138 Å². The number of allylic oxidation sites excluding steroid dienone is 2. The summed E-state index contributed by atoms with van der Waals surface area (Å²) in [5.74, 6) is 2.21. The number of carbonyl (C=O) groups excluding carboxylic acids is 1. The molecule has 0 aliphatic rings. The van der Waals surface area contributed by atoms with Gasteiger partial charge in [0.25, 0.3) is 5.24 Å². The van der Waals surface area contributed by atoms with Crippen molar-refractivity contribution < 1.29 is 14.3 Å². The average molecular weight is 582 g/mol. The standard InChI is InChI=1S/C15H15N3OS.C10H11ClO2.C4H6N2.CH4/c1-9(2)19-12-6-4-11(5-7-12)14-17-10(3)13(8-16)15(20)18-14;1-7(2)13-9-5-3-8(4-6-9)10(11)12;1-4(6)2-3-5;/h4-7,9H,1-3H3,(H,17,18,20);3-7H,1-2H3;2H,6H2,1H3;1H4/b;;4-2-;. The number of nitrogens with two attached hydrogens (primary N) is 1. The van der Waals surface area contributed by atoms with E-state index < -0.39 is 5.24 Å². The van der Waals surface area contributed by atoms with Gasteiger partial charge in [-0.05, 0) is 102 Å². The molecule has 1 heterocycles. The molecule has 0 saturated heterocycles. The zero-order valence-corrected chi connectivity index (χ0v) is 24.4. The van der Waals surface area contributed by atoms with Crippen LogP contribution in [0.2, 0.25) is 0 Å². The number of aryl methyl sites for hydroxylation is 1. The zero-order chi connectivity index (χ0) is 29.5. The molecule has 3 N–H and O–H groups in total. The Bertz CT molecular complexity index is 1400. The molecule has 0 fully saturated rings. The van der Waals surface area contributed by atoms with E-state index in [9.17, 15) is 4.79 Å². The van der Waals surface area contributed by atoms with E-state index in [0.29, 0.717) is 27.3 Å². The lowest BCUT2D eigenvalue weighted by molar-refractivity contribution is 0.108. The third-order valence-electron chi connectivity index (χ3n) is 4.46. The third-order valence-corrected chi connectivity index (χ3v) is 4.98. The van der Waals surface area contributed by atoms with Crippen LogP contribution >= 0.6 is 23.8 Å². The lowest BCUT2D eigenvalue weighted by Crippen LogP contribution is -2.05. The highest BCUT2D eigenvalue weighted by Gasteiger charge is 2.07. The van der Waals surface area contributed by atoms with Crippen LogP contribution < -0.4 is 15.2 Å². The van der Waals surface area contributed by atoms with Crippen LogP contribution in [0.4, 0.5) is 0 Å². The van der Waals surface area contributed by atoms with E-state index in [-0.39, 0.29) is 19.6 Å². The Labute approximate surface area is 247 Å². The molecule has 1 aromatic heterocycles. The summed E-state index contributed by atoms with van der Waals surface area (Å²) < 4.78 is 11.3. The largest absolute Gasteiger partial charge is 0.491 e. The highest BCUT2D eigenvalue weighted by atomic mass is 35.5. The van der Waals surface area contributed by atoms with Gasteiger partial charge < -0.3 is 20.2 Å². The number of benzene rings is 2. The second kappa shape index (κ2) is 18.2. The molecule has 3 aromatic rings. The molecular formula is C30H36ClN5O3S. The number of aromatic amines is 1. The van der Waals surface area contributed by atoms with Crippen molar-refractivity contribution in [3.63, 3.8) is 0 Å². The van der Waals surface area contributed by atoms with Crippen molar-refractivity contribution in [3.8, 4) is 35.0 Å². The van der Waals surface area contributed by atoms with Crippen LogP contribution in [0.25, 0.3) is 11.4 Å². The van der Waals surface area contributed by atoms with Gasteiger partial charge in [0.1, 0.15) is 33.6 Å². The summed E-state index contributed by atoms with van der Waals surface area (Å²) in [5, 5.41) is 16.4. The molecule has 3 rings (SSSR count). The van der Waals surface area contributed by atoms with E-state index >= 15 is 0 Å². The average Bonchev–Trinajstić information content (AvgIpc) is 2.84. The van der Waals surface area contributed by atoms with Gasteiger partial charge in [-0.15, -0.1) is 0 Å². The number of rotatable bonds is 6. The fourth-order valence-electron chi connectivity index (χ4n) is 2.86. The summed E-state index contributed by atoms with van der Waals surface area (Å²) >= 11 is 10.4. The Morgan fingerprint density at radius 1 is 1.02 bits per heavy atom. The molecule has 0 aliphatic heterocycles. The monoisotopic (exact) mass is 581 g/mol. The minimum atomic E-state index is -0.448. The molecular weight excluding hydrogens is 546 g/mol. The molecule has 0 saturated carbocycles. The second-order valence-electron chi connectivity index (χ2n) is 8.68. The molecule has 0 amide bonds. The molecule has 0 spiro atoms. The van der Waals surface area contributed by atoms with E-state index in [0.717, 1.165) is 22.8 Å². The Morgan fingerprint density at radius 3 is 1.82 bits per heavy atom. The van der Waals surface area contributed by atoms with E-state index in [1.165, 1.54) is 6.08 Å². The van der Waals surface area contributed by atoms with Crippen LogP contribution in [0.3, 0.4) is 0 Å². The van der Waals surface area contributed by atoms with Crippen LogP contribution in [-0.4, -0.2) is 27.4 Å². The van der Waals surface area contributed by atoms with E-state index in [1.54, 1.807) is 37.3 Å². The van der Waals surface area contributed by atoms with Crippen molar-refractivity contribution in [3.05, 3.63) is 81.8 Å². The van der Waals surface area contributed by atoms with Gasteiger partial charge in [0.05, 0.1) is 18.3 Å². The number of H-pyrrole nitrogens is 1. The van der Waals surface area contributed by atoms with Gasteiger partial charge in [-0.25, -0.2) is 4.98 Å². The molecule has 10 heteroatoms. The van der Waals surface area contributed by atoms with Crippen LogP contribution in [0, 0.1) is 34.2 Å². The van der Waals surface area contributed by atoms with Crippen molar-refractivity contribution in [2.75, 3.05) is 0 Å². The van der Waals surface area contributed by atoms with Crippen molar-refractivity contribution in [1.82, 2.24) is 9.97 Å². The van der Waals surface area contributed by atoms with Crippen LogP contribution in [0.15, 0.2) is 60.3 Å². The molecule has 0 unspecified atom stereocenters. The number of hydrogen-bond acceptors (Lipinski definition) is 8. The molecule has 2 aromatic carbocycles. The minimum absolute atomic E-state index is 0. The lowest BCUT2D eigenvalue weighted by atomic mass is 10.2.